The van der Waals surface area contributed by atoms with Gasteiger partial charge in [0, 0.05) is 10.6 Å². The summed E-state index contributed by atoms with van der Waals surface area (Å²) < 4.78 is 1.21. The smallest absolute Gasteiger partial charge is 0.279 e. The molecule has 4 rings (SSSR count). The molecule has 0 spiro atoms. The topological polar surface area (TPSA) is 76.9 Å². The molecule has 1 unspecified atom stereocenters. The molecule has 1 atom stereocenters. The zero-order valence-corrected chi connectivity index (χ0v) is 16.5. The lowest BCUT2D eigenvalue weighted by molar-refractivity contribution is -0.119. The minimum absolute atomic E-state index is 0.219. The molecule has 2 aromatic heterocycles. The van der Waals surface area contributed by atoms with Gasteiger partial charge in [-0.1, -0.05) is 17.3 Å². The fourth-order valence-corrected chi connectivity index (χ4v) is 4.76. The highest BCUT2D eigenvalue weighted by atomic mass is 32.1. The number of hydrogen-bond acceptors (Lipinski definition) is 5. The van der Waals surface area contributed by atoms with Crippen molar-refractivity contribution in [2.45, 2.75) is 52.5 Å². The highest BCUT2D eigenvalue weighted by Gasteiger charge is 2.24. The molecule has 0 radical (unpaired) electrons. The van der Waals surface area contributed by atoms with E-state index in [1.807, 2.05) is 32.0 Å². The molecule has 2 heterocycles. The fraction of sp³-hybridized carbons (Fsp3) is 0.400. The molecule has 27 heavy (non-hydrogen) atoms. The molecule has 1 aliphatic rings. The SMILES string of the molecule is Cc1ccc(C)c(NC(=O)C(C)n2nnc3sc4c(c3c2=O)CCCC4)c1. The monoisotopic (exact) mass is 382 g/mol. The summed E-state index contributed by atoms with van der Waals surface area (Å²) in [7, 11) is 0. The molecule has 7 heteroatoms. The number of rotatable bonds is 3. The Morgan fingerprint density at radius 3 is 2.85 bits per heavy atom. The molecule has 0 saturated carbocycles. The number of carbonyl (C=O) groups is 1. The first-order valence-electron chi connectivity index (χ1n) is 9.23. The van der Waals surface area contributed by atoms with Crippen molar-refractivity contribution in [1.29, 1.82) is 0 Å². The van der Waals surface area contributed by atoms with Crippen LogP contribution >= 0.6 is 11.3 Å². The minimum Gasteiger partial charge on any atom is -0.324 e. The zero-order chi connectivity index (χ0) is 19.1. The number of nitrogens with one attached hydrogen (secondary N) is 1. The van der Waals surface area contributed by atoms with E-state index < -0.39 is 6.04 Å². The second kappa shape index (κ2) is 6.88. The number of benzene rings is 1. The minimum atomic E-state index is -0.742. The first-order chi connectivity index (χ1) is 13.0. The number of nitrogens with zero attached hydrogens (tertiary/aromatic N) is 3. The van der Waals surface area contributed by atoms with Crippen LogP contribution in [0, 0.1) is 13.8 Å². The van der Waals surface area contributed by atoms with Gasteiger partial charge in [-0.2, -0.15) is 4.68 Å². The van der Waals surface area contributed by atoms with Crippen molar-refractivity contribution in [3.63, 3.8) is 0 Å². The Kier molecular flexibility index (Phi) is 4.55. The third kappa shape index (κ3) is 3.16. The Hall–Kier alpha value is -2.54. The summed E-state index contributed by atoms with van der Waals surface area (Å²) in [5.41, 5.74) is 3.68. The van der Waals surface area contributed by atoms with Crippen LogP contribution in [0.5, 0.6) is 0 Å². The molecule has 6 nitrogen and oxygen atoms in total. The Balaban J connectivity index is 1.69. The van der Waals surface area contributed by atoms with Crippen molar-refractivity contribution in [1.82, 2.24) is 15.0 Å². The standard InChI is InChI=1S/C20H22N4O2S/c1-11-8-9-12(2)15(10-11)21-18(25)13(3)24-20(26)17-14-6-4-5-7-16(14)27-19(17)22-23-24/h8-10,13H,4-7H2,1-3H3,(H,21,25). The zero-order valence-electron chi connectivity index (χ0n) is 15.7. The van der Waals surface area contributed by atoms with Crippen LogP contribution in [0.15, 0.2) is 23.0 Å². The van der Waals surface area contributed by atoms with E-state index in [1.165, 1.54) is 9.56 Å². The molecule has 0 fully saturated rings. The number of amides is 1. The summed E-state index contributed by atoms with van der Waals surface area (Å²) in [4.78, 5) is 27.8. The molecule has 1 aliphatic carbocycles. The number of aryl methyl sites for hydroxylation is 4. The number of anilines is 1. The van der Waals surface area contributed by atoms with Gasteiger partial charge in [0.1, 0.15) is 6.04 Å². The van der Waals surface area contributed by atoms with E-state index in [0.29, 0.717) is 10.2 Å². The van der Waals surface area contributed by atoms with Crippen LogP contribution in [0.2, 0.25) is 0 Å². The summed E-state index contributed by atoms with van der Waals surface area (Å²) in [6.45, 7) is 5.60. The Morgan fingerprint density at radius 2 is 2.04 bits per heavy atom. The quantitative estimate of drug-likeness (QED) is 0.751. The lowest BCUT2D eigenvalue weighted by Gasteiger charge is -2.15. The Labute approximate surface area is 161 Å². The van der Waals surface area contributed by atoms with Crippen molar-refractivity contribution in [2.75, 3.05) is 5.32 Å². The van der Waals surface area contributed by atoms with Crippen LogP contribution < -0.4 is 10.9 Å². The van der Waals surface area contributed by atoms with Crippen molar-refractivity contribution in [2.24, 2.45) is 0 Å². The molecular weight excluding hydrogens is 360 g/mol. The largest absolute Gasteiger partial charge is 0.324 e. The molecule has 0 aliphatic heterocycles. The third-order valence-corrected chi connectivity index (χ3v) is 6.38. The average molecular weight is 382 g/mol. The summed E-state index contributed by atoms with van der Waals surface area (Å²) in [6, 6.07) is 5.14. The fourth-order valence-electron chi connectivity index (χ4n) is 3.56. The van der Waals surface area contributed by atoms with E-state index in [-0.39, 0.29) is 11.5 Å². The molecule has 3 aromatic rings. The van der Waals surface area contributed by atoms with Crippen molar-refractivity contribution in [3.05, 3.63) is 50.1 Å². The number of fused-ring (bicyclic) bond motifs is 3. The van der Waals surface area contributed by atoms with Crippen LogP contribution in [0.4, 0.5) is 5.69 Å². The molecule has 0 bridgehead atoms. The van der Waals surface area contributed by atoms with Crippen LogP contribution in [-0.2, 0) is 17.6 Å². The maximum absolute atomic E-state index is 13.1. The highest BCUT2D eigenvalue weighted by molar-refractivity contribution is 7.18. The summed E-state index contributed by atoms with van der Waals surface area (Å²) in [5, 5.41) is 11.9. The number of carbonyl (C=O) groups excluding carboxylic acids is 1. The predicted molar refractivity (Wildman–Crippen MR) is 108 cm³/mol. The summed E-state index contributed by atoms with van der Waals surface area (Å²) in [6.07, 6.45) is 4.14. The second-order valence-electron chi connectivity index (χ2n) is 7.21. The lowest BCUT2D eigenvalue weighted by atomic mass is 9.97. The van der Waals surface area contributed by atoms with Gasteiger partial charge in [-0.25, -0.2) is 0 Å². The van der Waals surface area contributed by atoms with E-state index in [4.69, 9.17) is 0 Å². The van der Waals surface area contributed by atoms with Crippen molar-refractivity contribution < 1.29 is 4.79 Å². The molecule has 1 N–H and O–H groups in total. The van der Waals surface area contributed by atoms with Crippen LogP contribution in [0.25, 0.3) is 10.2 Å². The van der Waals surface area contributed by atoms with Crippen LogP contribution in [0.3, 0.4) is 0 Å². The molecule has 1 amide bonds. The first-order valence-corrected chi connectivity index (χ1v) is 10.0. The lowest BCUT2D eigenvalue weighted by Crippen LogP contribution is -2.34. The van der Waals surface area contributed by atoms with E-state index >= 15 is 0 Å². The van der Waals surface area contributed by atoms with Gasteiger partial charge in [0.25, 0.3) is 5.56 Å². The van der Waals surface area contributed by atoms with E-state index in [1.54, 1.807) is 18.3 Å². The van der Waals surface area contributed by atoms with Crippen LogP contribution in [-0.4, -0.2) is 20.9 Å². The highest BCUT2D eigenvalue weighted by Crippen LogP contribution is 2.33. The van der Waals surface area contributed by atoms with E-state index in [2.05, 4.69) is 15.6 Å². The number of aromatic nitrogens is 3. The van der Waals surface area contributed by atoms with E-state index in [0.717, 1.165) is 48.1 Å². The summed E-state index contributed by atoms with van der Waals surface area (Å²) >= 11 is 1.56. The van der Waals surface area contributed by atoms with Crippen molar-refractivity contribution in [3.8, 4) is 0 Å². The predicted octanol–water partition coefficient (Wildman–Crippen LogP) is 3.55. The number of hydrogen-bond donors (Lipinski definition) is 1. The Bertz CT molecular complexity index is 1100. The van der Waals surface area contributed by atoms with Gasteiger partial charge < -0.3 is 5.32 Å². The van der Waals surface area contributed by atoms with Gasteiger partial charge >= 0.3 is 0 Å². The van der Waals surface area contributed by atoms with Gasteiger partial charge in [0.2, 0.25) is 5.91 Å². The van der Waals surface area contributed by atoms with Gasteiger partial charge in [0.15, 0.2) is 4.83 Å². The van der Waals surface area contributed by atoms with Gasteiger partial charge in [-0.3, -0.25) is 9.59 Å². The number of thiophene rings is 1. The van der Waals surface area contributed by atoms with E-state index in [9.17, 15) is 9.59 Å². The Morgan fingerprint density at radius 1 is 1.26 bits per heavy atom. The molecule has 0 saturated heterocycles. The first kappa shape index (κ1) is 17.9. The third-order valence-electron chi connectivity index (χ3n) is 5.20. The maximum atomic E-state index is 13.1. The normalized spacial score (nSPS) is 14.8. The van der Waals surface area contributed by atoms with Crippen LogP contribution in [0.1, 0.15) is 47.4 Å². The van der Waals surface area contributed by atoms with Gasteiger partial charge in [0.05, 0.1) is 5.39 Å². The molecule has 1 aromatic carbocycles. The molecule has 140 valence electrons. The maximum Gasteiger partial charge on any atom is 0.279 e. The second-order valence-corrected chi connectivity index (χ2v) is 8.30. The molecular formula is C20H22N4O2S. The van der Waals surface area contributed by atoms with Gasteiger partial charge in [-0.15, -0.1) is 16.4 Å². The van der Waals surface area contributed by atoms with Gasteiger partial charge in [-0.05, 0) is 69.2 Å². The summed E-state index contributed by atoms with van der Waals surface area (Å²) in [5.74, 6) is -0.274. The van der Waals surface area contributed by atoms with Crippen molar-refractivity contribution >= 4 is 33.1 Å². The average Bonchev–Trinajstić information content (AvgIpc) is 3.04.